The Hall–Kier alpha value is -3.27. The second kappa shape index (κ2) is 7.77. The van der Waals surface area contributed by atoms with Crippen molar-refractivity contribution in [1.29, 1.82) is 0 Å². The molecule has 0 aliphatic heterocycles. The van der Waals surface area contributed by atoms with Gasteiger partial charge in [0.05, 0.1) is 15.5 Å². The SMILES string of the molecule is CCn1c(C)c(-c2ccnc(Nc3ccc(N(C)C)c([N+](=O)[O-])c3)n2)sc1=O. The quantitative estimate of drug-likeness (QED) is 0.499. The number of anilines is 3. The van der Waals surface area contributed by atoms with E-state index in [1.807, 2.05) is 13.8 Å². The van der Waals surface area contributed by atoms with Crippen LogP contribution < -0.4 is 15.1 Å². The number of hydrogen-bond donors (Lipinski definition) is 1. The number of hydrogen-bond acceptors (Lipinski definition) is 8. The van der Waals surface area contributed by atoms with Crippen molar-refractivity contribution in [2.45, 2.75) is 20.4 Å². The molecule has 0 unspecified atom stereocenters. The predicted molar refractivity (Wildman–Crippen MR) is 111 cm³/mol. The molecular formula is C18H20N6O3S. The average molecular weight is 400 g/mol. The summed E-state index contributed by atoms with van der Waals surface area (Å²) in [6.45, 7) is 4.40. The Bertz CT molecular complexity index is 1090. The Balaban J connectivity index is 1.95. The molecule has 0 fully saturated rings. The highest BCUT2D eigenvalue weighted by molar-refractivity contribution is 7.13. The van der Waals surface area contributed by atoms with Crippen LogP contribution in [0, 0.1) is 17.0 Å². The van der Waals surface area contributed by atoms with Crippen LogP contribution >= 0.6 is 11.3 Å². The summed E-state index contributed by atoms with van der Waals surface area (Å²) >= 11 is 1.14. The van der Waals surface area contributed by atoms with Crippen LogP contribution in [0.2, 0.25) is 0 Å². The van der Waals surface area contributed by atoms with Crippen molar-refractivity contribution >= 4 is 34.3 Å². The van der Waals surface area contributed by atoms with Crippen LogP contribution in [0.15, 0.2) is 35.3 Å². The summed E-state index contributed by atoms with van der Waals surface area (Å²) in [6.07, 6.45) is 1.59. The highest BCUT2D eigenvalue weighted by Crippen LogP contribution is 2.31. The predicted octanol–water partition coefficient (Wildman–Crippen LogP) is 3.41. The van der Waals surface area contributed by atoms with Gasteiger partial charge in [0, 0.05) is 44.3 Å². The molecule has 0 saturated heterocycles. The van der Waals surface area contributed by atoms with E-state index in [-0.39, 0.29) is 10.6 Å². The summed E-state index contributed by atoms with van der Waals surface area (Å²) in [4.78, 5) is 34.1. The van der Waals surface area contributed by atoms with E-state index in [2.05, 4.69) is 15.3 Å². The van der Waals surface area contributed by atoms with Gasteiger partial charge in [-0.05, 0) is 32.0 Å². The highest BCUT2D eigenvalue weighted by atomic mass is 32.1. The monoisotopic (exact) mass is 400 g/mol. The minimum Gasteiger partial charge on any atom is -0.372 e. The van der Waals surface area contributed by atoms with Gasteiger partial charge in [0.25, 0.3) is 5.69 Å². The molecule has 28 heavy (non-hydrogen) atoms. The van der Waals surface area contributed by atoms with Gasteiger partial charge in [-0.2, -0.15) is 0 Å². The minimum absolute atomic E-state index is 0.0137. The molecule has 0 bridgehead atoms. The number of nitrogens with zero attached hydrogens (tertiary/aromatic N) is 5. The summed E-state index contributed by atoms with van der Waals surface area (Å²) in [7, 11) is 3.50. The average Bonchev–Trinajstić information content (AvgIpc) is 2.95. The normalized spacial score (nSPS) is 10.7. The maximum absolute atomic E-state index is 12.1. The molecule has 0 atom stereocenters. The Morgan fingerprint density at radius 1 is 1.32 bits per heavy atom. The fourth-order valence-electron chi connectivity index (χ4n) is 2.88. The Morgan fingerprint density at radius 3 is 2.68 bits per heavy atom. The van der Waals surface area contributed by atoms with E-state index in [0.717, 1.165) is 21.9 Å². The lowest BCUT2D eigenvalue weighted by Crippen LogP contribution is -2.12. The van der Waals surface area contributed by atoms with Gasteiger partial charge in [0.2, 0.25) is 5.95 Å². The van der Waals surface area contributed by atoms with E-state index in [1.165, 1.54) is 6.07 Å². The van der Waals surface area contributed by atoms with Crippen LogP contribution in [-0.2, 0) is 6.54 Å². The molecular weight excluding hydrogens is 380 g/mol. The first-order chi connectivity index (χ1) is 13.3. The molecule has 3 aromatic rings. The summed E-state index contributed by atoms with van der Waals surface area (Å²) < 4.78 is 1.69. The fourth-order valence-corrected chi connectivity index (χ4v) is 3.91. The van der Waals surface area contributed by atoms with E-state index in [1.54, 1.807) is 48.0 Å². The number of aromatic nitrogens is 3. The Morgan fingerprint density at radius 2 is 2.07 bits per heavy atom. The number of rotatable bonds is 6. The van der Waals surface area contributed by atoms with Gasteiger partial charge in [0.15, 0.2) is 0 Å². The molecule has 0 aliphatic carbocycles. The number of benzene rings is 1. The first-order valence-electron chi connectivity index (χ1n) is 8.58. The molecule has 3 rings (SSSR count). The first-order valence-corrected chi connectivity index (χ1v) is 9.40. The maximum atomic E-state index is 12.1. The largest absolute Gasteiger partial charge is 0.372 e. The van der Waals surface area contributed by atoms with Gasteiger partial charge in [-0.15, -0.1) is 0 Å². The molecule has 10 heteroatoms. The van der Waals surface area contributed by atoms with Gasteiger partial charge >= 0.3 is 4.87 Å². The first kappa shape index (κ1) is 19.5. The molecule has 2 heterocycles. The zero-order chi connectivity index (χ0) is 20.4. The van der Waals surface area contributed by atoms with Crippen molar-refractivity contribution in [2.75, 3.05) is 24.3 Å². The molecule has 0 spiro atoms. The van der Waals surface area contributed by atoms with Crippen LogP contribution in [0.1, 0.15) is 12.6 Å². The van der Waals surface area contributed by atoms with Gasteiger partial charge in [0.1, 0.15) is 5.69 Å². The van der Waals surface area contributed by atoms with Crippen molar-refractivity contribution in [1.82, 2.24) is 14.5 Å². The summed E-state index contributed by atoms with van der Waals surface area (Å²) in [5.41, 5.74) is 2.48. The molecule has 0 saturated carbocycles. The fraction of sp³-hybridized carbons (Fsp3) is 0.278. The van der Waals surface area contributed by atoms with Crippen LogP contribution in [0.25, 0.3) is 10.6 Å². The topological polar surface area (TPSA) is 106 Å². The standard InChI is InChI=1S/C18H20N6O3S/c1-5-23-11(2)16(28-18(23)25)13-8-9-19-17(21-13)20-12-6-7-14(22(3)4)15(10-12)24(26)27/h6-10H,5H2,1-4H3,(H,19,20,21). The molecule has 9 nitrogen and oxygen atoms in total. The van der Waals surface area contributed by atoms with Crippen molar-refractivity contribution in [2.24, 2.45) is 0 Å². The molecule has 2 aromatic heterocycles. The molecule has 146 valence electrons. The molecule has 1 N–H and O–H groups in total. The third-order valence-corrected chi connectivity index (χ3v) is 5.36. The van der Waals surface area contributed by atoms with E-state index in [9.17, 15) is 14.9 Å². The summed E-state index contributed by atoms with van der Waals surface area (Å²) in [6, 6.07) is 6.58. The van der Waals surface area contributed by atoms with Crippen molar-refractivity contribution in [3.05, 3.63) is 55.9 Å². The minimum atomic E-state index is -0.425. The molecule has 0 amide bonds. The number of nitrogens with one attached hydrogen (secondary N) is 1. The lowest BCUT2D eigenvalue weighted by Gasteiger charge is -2.14. The second-order valence-electron chi connectivity index (χ2n) is 6.27. The zero-order valence-electron chi connectivity index (χ0n) is 16.0. The summed E-state index contributed by atoms with van der Waals surface area (Å²) in [5, 5.41) is 14.4. The smallest absolute Gasteiger partial charge is 0.307 e. The van der Waals surface area contributed by atoms with E-state index in [4.69, 9.17) is 0 Å². The van der Waals surface area contributed by atoms with Crippen LogP contribution in [0.4, 0.5) is 23.0 Å². The number of thiazole rings is 1. The lowest BCUT2D eigenvalue weighted by atomic mass is 10.2. The van der Waals surface area contributed by atoms with Gasteiger partial charge < -0.3 is 14.8 Å². The Kier molecular flexibility index (Phi) is 5.41. The third-order valence-electron chi connectivity index (χ3n) is 4.26. The molecule has 0 radical (unpaired) electrons. The van der Waals surface area contributed by atoms with E-state index in [0.29, 0.717) is 29.6 Å². The zero-order valence-corrected chi connectivity index (χ0v) is 16.8. The third kappa shape index (κ3) is 3.72. The summed E-state index contributed by atoms with van der Waals surface area (Å²) in [5.74, 6) is 0.299. The Labute approximate surface area is 165 Å². The molecule has 0 aliphatic rings. The van der Waals surface area contributed by atoms with Crippen molar-refractivity contribution < 1.29 is 4.92 Å². The van der Waals surface area contributed by atoms with Crippen LogP contribution in [0.3, 0.4) is 0 Å². The lowest BCUT2D eigenvalue weighted by molar-refractivity contribution is -0.384. The van der Waals surface area contributed by atoms with E-state index < -0.39 is 4.92 Å². The second-order valence-corrected chi connectivity index (χ2v) is 7.23. The van der Waals surface area contributed by atoms with Gasteiger partial charge in [-0.25, -0.2) is 9.97 Å². The highest BCUT2D eigenvalue weighted by Gasteiger charge is 2.17. The van der Waals surface area contributed by atoms with Crippen molar-refractivity contribution in [3.63, 3.8) is 0 Å². The maximum Gasteiger partial charge on any atom is 0.307 e. The van der Waals surface area contributed by atoms with Crippen molar-refractivity contribution in [3.8, 4) is 10.6 Å². The number of nitro benzene ring substituents is 1. The number of nitro groups is 1. The van der Waals surface area contributed by atoms with Gasteiger partial charge in [-0.1, -0.05) is 11.3 Å². The molecule has 1 aromatic carbocycles. The van der Waals surface area contributed by atoms with E-state index >= 15 is 0 Å². The van der Waals surface area contributed by atoms with Gasteiger partial charge in [-0.3, -0.25) is 14.9 Å². The van der Waals surface area contributed by atoms with Crippen LogP contribution in [-0.4, -0.2) is 33.6 Å². The van der Waals surface area contributed by atoms with Crippen LogP contribution in [0.5, 0.6) is 0 Å².